The van der Waals surface area contributed by atoms with Crippen molar-refractivity contribution in [3.63, 3.8) is 0 Å². The van der Waals surface area contributed by atoms with Gasteiger partial charge in [-0.15, -0.1) is 0 Å². The van der Waals surface area contributed by atoms with Crippen LogP contribution in [0.5, 0.6) is 5.75 Å². The fraction of sp³-hybridized carbons (Fsp3) is 0.357. The van der Waals surface area contributed by atoms with Crippen LogP contribution in [-0.4, -0.2) is 27.9 Å². The Labute approximate surface area is 121 Å². The Morgan fingerprint density at radius 1 is 1.48 bits per heavy atom. The third-order valence-corrected chi connectivity index (χ3v) is 3.41. The Kier molecular flexibility index (Phi) is 3.57. The zero-order chi connectivity index (χ0) is 14.8. The zero-order valence-corrected chi connectivity index (χ0v) is 11.7. The summed E-state index contributed by atoms with van der Waals surface area (Å²) in [6, 6.07) is 6.97. The predicted octanol–water partition coefficient (Wildman–Crippen LogP) is 2.04. The van der Waals surface area contributed by atoms with Crippen LogP contribution < -0.4 is 10.1 Å². The van der Waals surface area contributed by atoms with E-state index in [1.807, 2.05) is 6.07 Å². The molecule has 7 nitrogen and oxygen atoms in total. The van der Waals surface area contributed by atoms with Gasteiger partial charge in [0.2, 0.25) is 0 Å². The number of hydrogen-bond donors (Lipinski definition) is 1. The molecule has 1 aliphatic carbocycles. The minimum atomic E-state index is -0.429. The lowest BCUT2D eigenvalue weighted by atomic mass is 10.2. The number of nitrogens with one attached hydrogen (secondary N) is 1. The molecule has 0 spiro atoms. The lowest BCUT2D eigenvalue weighted by Crippen LogP contribution is -2.15. The number of benzene rings is 1. The van der Waals surface area contributed by atoms with Crippen LogP contribution in [-0.2, 0) is 6.54 Å². The average molecular weight is 288 g/mol. The summed E-state index contributed by atoms with van der Waals surface area (Å²) < 4.78 is 6.86. The smallest absolute Gasteiger partial charge is 0.271 e. The van der Waals surface area contributed by atoms with Crippen LogP contribution in [0.2, 0.25) is 0 Å². The number of nitro groups is 1. The first-order chi connectivity index (χ1) is 10.2. The molecule has 2 aromatic rings. The number of aromatic nitrogens is 2. The maximum absolute atomic E-state index is 10.9. The van der Waals surface area contributed by atoms with E-state index in [0.29, 0.717) is 24.0 Å². The van der Waals surface area contributed by atoms with E-state index in [4.69, 9.17) is 4.74 Å². The van der Waals surface area contributed by atoms with E-state index in [1.54, 1.807) is 16.9 Å². The Hall–Kier alpha value is -2.41. The van der Waals surface area contributed by atoms with E-state index in [-0.39, 0.29) is 5.69 Å². The van der Waals surface area contributed by atoms with Crippen LogP contribution in [0.25, 0.3) is 5.69 Å². The maximum Gasteiger partial charge on any atom is 0.271 e. The van der Waals surface area contributed by atoms with E-state index in [2.05, 4.69) is 10.4 Å². The van der Waals surface area contributed by atoms with Crippen molar-refractivity contribution in [2.24, 2.45) is 0 Å². The van der Waals surface area contributed by atoms with Gasteiger partial charge in [-0.1, -0.05) is 0 Å². The molecule has 1 aromatic carbocycles. The van der Waals surface area contributed by atoms with Crippen molar-refractivity contribution < 1.29 is 9.66 Å². The fourth-order valence-corrected chi connectivity index (χ4v) is 2.10. The van der Waals surface area contributed by atoms with E-state index in [0.717, 1.165) is 5.69 Å². The van der Waals surface area contributed by atoms with E-state index in [9.17, 15) is 10.1 Å². The molecule has 1 heterocycles. The van der Waals surface area contributed by atoms with Gasteiger partial charge in [-0.3, -0.25) is 10.1 Å². The summed E-state index contributed by atoms with van der Waals surface area (Å²) in [4.78, 5) is 10.5. The Morgan fingerprint density at radius 3 is 2.95 bits per heavy atom. The van der Waals surface area contributed by atoms with Crippen molar-refractivity contribution >= 4 is 5.69 Å². The number of ether oxygens (including phenoxy) is 1. The van der Waals surface area contributed by atoms with Crippen molar-refractivity contribution in [1.29, 1.82) is 0 Å². The summed E-state index contributed by atoms with van der Waals surface area (Å²) in [5.74, 6) is 0.547. The molecule has 1 saturated carbocycles. The quantitative estimate of drug-likeness (QED) is 0.649. The monoisotopic (exact) mass is 288 g/mol. The molecule has 7 heteroatoms. The van der Waals surface area contributed by atoms with E-state index in [1.165, 1.54) is 32.1 Å². The van der Waals surface area contributed by atoms with Gasteiger partial charge >= 0.3 is 0 Å². The van der Waals surface area contributed by atoms with E-state index < -0.39 is 4.92 Å². The highest BCUT2D eigenvalue weighted by molar-refractivity contribution is 5.53. The van der Waals surface area contributed by atoms with Gasteiger partial charge in [-0.25, -0.2) is 4.68 Å². The first-order valence-electron chi connectivity index (χ1n) is 6.78. The number of methoxy groups -OCH3 is 1. The molecular weight excluding hydrogens is 272 g/mol. The lowest BCUT2D eigenvalue weighted by molar-refractivity contribution is -0.384. The Morgan fingerprint density at radius 2 is 2.29 bits per heavy atom. The molecule has 21 heavy (non-hydrogen) atoms. The van der Waals surface area contributed by atoms with Gasteiger partial charge in [-0.05, 0) is 25.0 Å². The van der Waals surface area contributed by atoms with Crippen molar-refractivity contribution in [3.8, 4) is 11.4 Å². The van der Waals surface area contributed by atoms with Crippen molar-refractivity contribution in [1.82, 2.24) is 15.1 Å². The van der Waals surface area contributed by atoms with Gasteiger partial charge in [0, 0.05) is 30.9 Å². The summed E-state index contributed by atoms with van der Waals surface area (Å²) in [7, 11) is 1.53. The van der Waals surface area contributed by atoms with E-state index >= 15 is 0 Å². The summed E-state index contributed by atoms with van der Waals surface area (Å²) in [6.07, 6.45) is 4.23. The molecule has 1 N–H and O–H groups in total. The van der Waals surface area contributed by atoms with Gasteiger partial charge in [0.05, 0.1) is 17.7 Å². The number of rotatable bonds is 6. The van der Waals surface area contributed by atoms with Crippen molar-refractivity contribution in [2.45, 2.75) is 25.4 Å². The summed E-state index contributed by atoms with van der Waals surface area (Å²) in [5.41, 5.74) is 1.47. The molecule has 0 saturated heterocycles. The standard InChI is InChI=1S/C14H16N4O3/c1-21-14-5-4-12(18(19)20)8-13(14)17-7-6-11(16-17)9-15-10-2-3-10/h4-8,10,15H,2-3,9H2,1H3. The minimum Gasteiger partial charge on any atom is -0.494 e. The third kappa shape index (κ3) is 3.03. The maximum atomic E-state index is 10.9. The number of hydrogen-bond acceptors (Lipinski definition) is 5. The van der Waals surface area contributed by atoms with Gasteiger partial charge in [0.1, 0.15) is 11.4 Å². The molecule has 0 unspecified atom stereocenters. The summed E-state index contributed by atoms with van der Waals surface area (Å²) in [6.45, 7) is 0.703. The van der Waals surface area contributed by atoms with Gasteiger partial charge in [0.15, 0.2) is 0 Å². The highest BCUT2D eigenvalue weighted by atomic mass is 16.6. The van der Waals surface area contributed by atoms with Crippen LogP contribution in [0.1, 0.15) is 18.5 Å². The van der Waals surface area contributed by atoms with Crippen molar-refractivity contribution in [2.75, 3.05) is 7.11 Å². The Bertz CT molecular complexity index is 664. The molecule has 0 radical (unpaired) electrons. The number of nitro benzene ring substituents is 1. The second kappa shape index (κ2) is 5.53. The van der Waals surface area contributed by atoms with Crippen LogP contribution in [0.3, 0.4) is 0 Å². The topological polar surface area (TPSA) is 82.2 Å². The molecule has 1 fully saturated rings. The van der Waals surface area contributed by atoms with Crippen LogP contribution in [0.4, 0.5) is 5.69 Å². The van der Waals surface area contributed by atoms with Gasteiger partial charge in [-0.2, -0.15) is 5.10 Å². The second-order valence-corrected chi connectivity index (χ2v) is 5.02. The first kappa shape index (κ1) is 13.6. The summed E-state index contributed by atoms with van der Waals surface area (Å²) in [5, 5.41) is 18.7. The molecule has 1 aliphatic rings. The second-order valence-electron chi connectivity index (χ2n) is 5.02. The third-order valence-electron chi connectivity index (χ3n) is 3.41. The minimum absolute atomic E-state index is 0.0129. The number of nitrogens with zero attached hydrogens (tertiary/aromatic N) is 3. The molecule has 0 amide bonds. The predicted molar refractivity (Wildman–Crippen MR) is 76.6 cm³/mol. The molecular formula is C14H16N4O3. The normalized spacial score (nSPS) is 14.1. The summed E-state index contributed by atoms with van der Waals surface area (Å²) >= 11 is 0. The Balaban J connectivity index is 1.86. The van der Waals surface area contributed by atoms with Crippen molar-refractivity contribution in [3.05, 3.63) is 46.3 Å². The molecule has 110 valence electrons. The highest BCUT2D eigenvalue weighted by Crippen LogP contribution is 2.27. The average Bonchev–Trinajstić information content (AvgIpc) is 3.21. The lowest BCUT2D eigenvalue weighted by Gasteiger charge is -2.08. The molecule has 1 aromatic heterocycles. The molecule has 0 aliphatic heterocycles. The molecule has 3 rings (SSSR count). The van der Waals surface area contributed by atoms with Crippen LogP contribution >= 0.6 is 0 Å². The largest absolute Gasteiger partial charge is 0.494 e. The fourth-order valence-electron chi connectivity index (χ4n) is 2.10. The molecule has 0 atom stereocenters. The molecule has 0 bridgehead atoms. The van der Waals surface area contributed by atoms with Crippen LogP contribution in [0.15, 0.2) is 30.5 Å². The zero-order valence-electron chi connectivity index (χ0n) is 11.7. The number of non-ortho nitro benzene ring substituents is 1. The SMILES string of the molecule is COc1ccc([N+](=O)[O-])cc1-n1ccc(CNC2CC2)n1. The highest BCUT2D eigenvalue weighted by Gasteiger charge is 2.20. The van der Waals surface area contributed by atoms with Gasteiger partial charge in [0.25, 0.3) is 5.69 Å². The van der Waals surface area contributed by atoms with Gasteiger partial charge < -0.3 is 10.1 Å². The van der Waals surface area contributed by atoms with Crippen LogP contribution in [0, 0.1) is 10.1 Å². The first-order valence-corrected chi connectivity index (χ1v) is 6.78.